The molecular weight excluding hydrogens is 322 g/mol. The molecule has 2 aromatic rings. The molecule has 0 saturated carbocycles. The average Bonchev–Trinajstić information content (AvgIpc) is 2.94. The van der Waals surface area contributed by atoms with E-state index in [-0.39, 0.29) is 5.91 Å². The van der Waals surface area contributed by atoms with Gasteiger partial charge in [-0.3, -0.25) is 9.48 Å². The fourth-order valence-corrected chi connectivity index (χ4v) is 2.44. The van der Waals surface area contributed by atoms with Gasteiger partial charge in [-0.2, -0.15) is 5.10 Å². The highest BCUT2D eigenvalue weighted by Gasteiger charge is 2.18. The molecule has 1 amide bonds. The van der Waals surface area contributed by atoms with Gasteiger partial charge in [0.2, 0.25) is 5.91 Å². The largest absolute Gasteiger partial charge is 0.495 e. The van der Waals surface area contributed by atoms with E-state index in [4.69, 9.17) is 4.74 Å². The number of hydrogen-bond acceptors (Lipinski definition) is 3. The first kappa shape index (κ1) is 14.6. The molecule has 1 N–H and O–H groups in total. The summed E-state index contributed by atoms with van der Waals surface area (Å²) in [6.07, 6.45) is 3.41. The number of benzene rings is 1. The van der Waals surface area contributed by atoms with E-state index >= 15 is 0 Å². The highest BCUT2D eigenvalue weighted by molar-refractivity contribution is 9.10. The molecule has 1 aromatic carbocycles. The number of halogens is 1. The molecule has 1 atom stereocenters. The summed E-state index contributed by atoms with van der Waals surface area (Å²) in [5.41, 5.74) is 1.61. The van der Waals surface area contributed by atoms with Crippen LogP contribution in [-0.4, -0.2) is 22.8 Å². The van der Waals surface area contributed by atoms with Crippen LogP contribution in [0.15, 0.2) is 35.1 Å². The fraction of sp³-hybridized carbons (Fsp3) is 0.286. The number of aryl methyl sites for hydroxylation is 1. The van der Waals surface area contributed by atoms with Crippen molar-refractivity contribution in [3.63, 3.8) is 0 Å². The lowest BCUT2D eigenvalue weighted by Crippen LogP contribution is -2.24. The summed E-state index contributed by atoms with van der Waals surface area (Å²) in [4.78, 5) is 12.3. The van der Waals surface area contributed by atoms with E-state index in [0.717, 1.165) is 10.0 Å². The zero-order chi connectivity index (χ0) is 14.7. The molecule has 6 heteroatoms. The van der Waals surface area contributed by atoms with Crippen LogP contribution in [0.4, 0.5) is 5.69 Å². The summed E-state index contributed by atoms with van der Waals surface area (Å²) in [5.74, 6) is 0.482. The van der Waals surface area contributed by atoms with Gasteiger partial charge in [0.25, 0.3) is 0 Å². The summed E-state index contributed by atoms with van der Waals surface area (Å²) in [7, 11) is 1.58. The molecule has 0 unspecified atom stereocenters. The van der Waals surface area contributed by atoms with Gasteiger partial charge in [0.15, 0.2) is 0 Å². The molecule has 0 aliphatic carbocycles. The Balaban J connectivity index is 2.24. The smallest absolute Gasteiger partial charge is 0.249 e. The van der Waals surface area contributed by atoms with E-state index in [9.17, 15) is 4.79 Å². The van der Waals surface area contributed by atoms with Crippen LogP contribution in [0.5, 0.6) is 5.75 Å². The van der Waals surface area contributed by atoms with Gasteiger partial charge in [-0.1, -0.05) is 15.9 Å². The second-order valence-electron chi connectivity index (χ2n) is 4.45. The van der Waals surface area contributed by atoms with Crippen LogP contribution in [0, 0.1) is 6.92 Å². The van der Waals surface area contributed by atoms with Gasteiger partial charge >= 0.3 is 0 Å². The fourth-order valence-electron chi connectivity index (χ4n) is 1.89. The number of nitrogens with one attached hydrogen (secondary N) is 1. The second-order valence-corrected chi connectivity index (χ2v) is 5.37. The number of carbonyl (C=O) groups excluding carboxylic acids is 1. The number of anilines is 1. The van der Waals surface area contributed by atoms with Gasteiger partial charge in [0.1, 0.15) is 11.8 Å². The first-order valence-corrected chi connectivity index (χ1v) is 6.96. The number of amides is 1. The molecule has 2 rings (SSSR count). The van der Waals surface area contributed by atoms with Gasteiger partial charge < -0.3 is 10.1 Å². The minimum absolute atomic E-state index is 0.141. The van der Waals surface area contributed by atoms with Crippen molar-refractivity contribution < 1.29 is 9.53 Å². The Bertz CT molecular complexity index is 611. The van der Waals surface area contributed by atoms with Crippen molar-refractivity contribution in [1.29, 1.82) is 0 Å². The van der Waals surface area contributed by atoms with E-state index < -0.39 is 6.04 Å². The monoisotopic (exact) mass is 337 g/mol. The third kappa shape index (κ3) is 3.01. The van der Waals surface area contributed by atoms with Crippen molar-refractivity contribution in [3.05, 3.63) is 40.6 Å². The van der Waals surface area contributed by atoms with E-state index in [1.807, 2.05) is 19.1 Å². The van der Waals surface area contributed by atoms with Gasteiger partial charge in [0, 0.05) is 16.9 Å². The van der Waals surface area contributed by atoms with Crippen molar-refractivity contribution in [2.24, 2.45) is 0 Å². The predicted octanol–water partition coefficient (Wildman–Crippen LogP) is 3.16. The van der Waals surface area contributed by atoms with Crippen molar-refractivity contribution in [1.82, 2.24) is 9.78 Å². The Labute approximate surface area is 126 Å². The molecular formula is C14H16BrN3O2. The molecule has 0 aliphatic heterocycles. The van der Waals surface area contributed by atoms with Gasteiger partial charge in [0.05, 0.1) is 12.8 Å². The van der Waals surface area contributed by atoms with Crippen LogP contribution in [0.25, 0.3) is 0 Å². The molecule has 1 heterocycles. The molecule has 0 saturated heterocycles. The number of carbonyl (C=O) groups is 1. The number of methoxy groups -OCH3 is 1. The first-order valence-electron chi connectivity index (χ1n) is 6.17. The standard InChI is InChI=1S/C14H16BrN3O2/c1-9-7-11(15)8-12(20-3)13(9)17-14(19)10(2)18-6-4-5-16-18/h4-8,10H,1-3H3,(H,17,19)/t10-/m1/s1. The molecule has 0 fully saturated rings. The zero-order valence-corrected chi connectivity index (χ0v) is 13.1. The first-order chi connectivity index (χ1) is 9.52. The number of nitrogens with zero attached hydrogens (tertiary/aromatic N) is 2. The third-order valence-corrected chi connectivity index (χ3v) is 3.49. The van der Waals surface area contributed by atoms with Gasteiger partial charge in [-0.05, 0) is 37.6 Å². The van der Waals surface area contributed by atoms with Crippen molar-refractivity contribution in [2.75, 3.05) is 12.4 Å². The SMILES string of the molecule is COc1cc(Br)cc(C)c1NC(=O)[C@@H](C)n1cccn1. The maximum absolute atomic E-state index is 12.3. The van der Waals surface area contributed by atoms with Gasteiger partial charge in [-0.15, -0.1) is 0 Å². The number of ether oxygens (including phenoxy) is 1. The Kier molecular flexibility index (Phi) is 4.44. The molecule has 20 heavy (non-hydrogen) atoms. The van der Waals surface area contributed by atoms with Crippen LogP contribution in [0.1, 0.15) is 18.5 Å². The Morgan fingerprint density at radius 2 is 2.25 bits per heavy atom. The quantitative estimate of drug-likeness (QED) is 0.932. The summed E-state index contributed by atoms with van der Waals surface area (Å²) < 4.78 is 7.83. The number of rotatable bonds is 4. The molecule has 0 radical (unpaired) electrons. The highest BCUT2D eigenvalue weighted by atomic mass is 79.9. The molecule has 0 aliphatic rings. The van der Waals surface area contributed by atoms with Crippen LogP contribution >= 0.6 is 15.9 Å². The Morgan fingerprint density at radius 3 is 2.85 bits per heavy atom. The number of aromatic nitrogens is 2. The van der Waals surface area contributed by atoms with Crippen molar-refractivity contribution in [2.45, 2.75) is 19.9 Å². The highest BCUT2D eigenvalue weighted by Crippen LogP contribution is 2.32. The molecule has 0 spiro atoms. The average molecular weight is 338 g/mol. The Morgan fingerprint density at radius 1 is 1.50 bits per heavy atom. The van der Waals surface area contributed by atoms with Crippen molar-refractivity contribution in [3.8, 4) is 5.75 Å². The number of hydrogen-bond donors (Lipinski definition) is 1. The molecule has 106 valence electrons. The predicted molar refractivity (Wildman–Crippen MR) is 81.0 cm³/mol. The minimum atomic E-state index is -0.391. The topological polar surface area (TPSA) is 56.1 Å². The van der Waals surface area contributed by atoms with E-state index in [0.29, 0.717) is 11.4 Å². The van der Waals surface area contributed by atoms with Gasteiger partial charge in [-0.25, -0.2) is 0 Å². The van der Waals surface area contributed by atoms with Crippen molar-refractivity contribution >= 4 is 27.5 Å². The third-order valence-electron chi connectivity index (χ3n) is 3.03. The minimum Gasteiger partial charge on any atom is -0.495 e. The lowest BCUT2D eigenvalue weighted by Gasteiger charge is -2.17. The van der Waals surface area contributed by atoms with Crippen LogP contribution in [0.3, 0.4) is 0 Å². The van der Waals surface area contributed by atoms with Crippen LogP contribution in [0.2, 0.25) is 0 Å². The summed E-state index contributed by atoms with van der Waals surface area (Å²) in [5, 5.41) is 6.97. The van der Waals surface area contributed by atoms with E-state index in [1.165, 1.54) is 0 Å². The second kappa shape index (κ2) is 6.09. The van der Waals surface area contributed by atoms with Crippen LogP contribution < -0.4 is 10.1 Å². The Hall–Kier alpha value is -1.82. The molecule has 0 bridgehead atoms. The van der Waals surface area contributed by atoms with Crippen LogP contribution in [-0.2, 0) is 4.79 Å². The van der Waals surface area contributed by atoms with E-state index in [2.05, 4.69) is 26.3 Å². The zero-order valence-electron chi connectivity index (χ0n) is 11.6. The molecule has 1 aromatic heterocycles. The maximum atomic E-state index is 12.3. The summed E-state index contributed by atoms with van der Waals surface area (Å²) in [6.45, 7) is 3.71. The molecule has 5 nitrogen and oxygen atoms in total. The lowest BCUT2D eigenvalue weighted by molar-refractivity contribution is -0.119. The maximum Gasteiger partial charge on any atom is 0.249 e. The summed E-state index contributed by atoms with van der Waals surface area (Å²) >= 11 is 3.41. The normalized spacial score (nSPS) is 12.0. The van der Waals surface area contributed by atoms with E-state index in [1.54, 1.807) is 37.2 Å². The lowest BCUT2D eigenvalue weighted by atomic mass is 10.1. The summed E-state index contributed by atoms with van der Waals surface area (Å²) in [6, 6.07) is 5.14.